The van der Waals surface area contributed by atoms with Crippen LogP contribution in [0.25, 0.3) is 0 Å². The minimum Gasteiger partial charge on any atom is -0.309 e. The molecule has 0 aromatic carbocycles. The van der Waals surface area contributed by atoms with E-state index in [4.69, 9.17) is 0 Å². The molecule has 0 fully saturated rings. The maximum Gasteiger partial charge on any atom is 0.147 e. The van der Waals surface area contributed by atoms with Gasteiger partial charge in [-0.2, -0.15) is 5.10 Å². The van der Waals surface area contributed by atoms with Gasteiger partial charge in [0.25, 0.3) is 0 Å². The lowest BCUT2D eigenvalue weighted by molar-refractivity contribution is 0.452. The van der Waals surface area contributed by atoms with Crippen LogP contribution in [0, 0.1) is 0 Å². The Morgan fingerprint density at radius 3 is 2.57 bits per heavy atom. The zero-order chi connectivity index (χ0) is 15.9. The van der Waals surface area contributed by atoms with E-state index in [-0.39, 0.29) is 11.8 Å². The van der Waals surface area contributed by atoms with E-state index in [1.807, 2.05) is 4.68 Å². The van der Waals surface area contributed by atoms with Crippen LogP contribution < -0.4 is 5.32 Å². The van der Waals surface area contributed by atoms with Crippen molar-refractivity contribution >= 4 is 9.84 Å². The van der Waals surface area contributed by atoms with Crippen molar-refractivity contribution in [2.24, 2.45) is 0 Å². The van der Waals surface area contributed by atoms with Crippen molar-refractivity contribution in [3.05, 3.63) is 17.5 Å². The van der Waals surface area contributed by atoms with E-state index in [9.17, 15) is 8.42 Å². The first-order valence-electron chi connectivity index (χ1n) is 7.89. The molecule has 0 saturated carbocycles. The quantitative estimate of drug-likeness (QED) is 0.720. The lowest BCUT2D eigenvalue weighted by atomic mass is 10.1. The van der Waals surface area contributed by atoms with E-state index in [0.29, 0.717) is 6.42 Å². The molecule has 122 valence electrons. The molecule has 1 aromatic heterocycles. The van der Waals surface area contributed by atoms with Crippen molar-refractivity contribution in [3.63, 3.8) is 0 Å². The summed E-state index contributed by atoms with van der Waals surface area (Å²) < 4.78 is 24.6. The molecule has 1 unspecified atom stereocenters. The molecule has 0 amide bonds. The first-order valence-corrected chi connectivity index (χ1v) is 9.95. The average Bonchev–Trinajstić information content (AvgIpc) is 2.84. The van der Waals surface area contributed by atoms with Crippen LogP contribution in [0.15, 0.2) is 6.07 Å². The lowest BCUT2D eigenvalue weighted by Gasteiger charge is -2.19. The highest BCUT2D eigenvalue weighted by Crippen LogP contribution is 2.21. The number of rotatable bonds is 10. The molecule has 1 heterocycles. The maximum absolute atomic E-state index is 11.3. The zero-order valence-corrected chi connectivity index (χ0v) is 14.5. The minimum atomic E-state index is -2.89. The molecule has 0 bridgehead atoms. The highest BCUT2D eigenvalue weighted by Gasteiger charge is 2.17. The fraction of sp³-hybridized carbons (Fsp3) is 0.800. The van der Waals surface area contributed by atoms with Gasteiger partial charge in [0.05, 0.1) is 11.4 Å². The fourth-order valence-electron chi connectivity index (χ4n) is 2.42. The topological polar surface area (TPSA) is 64.0 Å². The van der Waals surface area contributed by atoms with Crippen LogP contribution in [0.4, 0.5) is 0 Å². The molecule has 0 spiro atoms. The SMILES string of the molecule is CCCNC(CCCS(C)(=O)=O)c1cc(CC)nn1CC. The van der Waals surface area contributed by atoms with Crippen LogP contribution >= 0.6 is 0 Å². The third-order valence-electron chi connectivity index (χ3n) is 3.53. The molecule has 5 nitrogen and oxygen atoms in total. The van der Waals surface area contributed by atoms with Crippen LogP contribution in [-0.4, -0.2) is 36.8 Å². The van der Waals surface area contributed by atoms with Crippen molar-refractivity contribution in [1.29, 1.82) is 0 Å². The summed E-state index contributed by atoms with van der Waals surface area (Å²) in [6.45, 7) is 8.09. The van der Waals surface area contributed by atoms with Gasteiger partial charge in [-0.1, -0.05) is 13.8 Å². The normalized spacial score (nSPS) is 13.5. The molecule has 0 aliphatic rings. The summed E-state index contributed by atoms with van der Waals surface area (Å²) in [5.41, 5.74) is 2.27. The van der Waals surface area contributed by atoms with Crippen LogP contribution in [0.5, 0.6) is 0 Å². The summed E-state index contributed by atoms with van der Waals surface area (Å²) in [6, 6.07) is 2.33. The first-order chi connectivity index (χ1) is 9.91. The van der Waals surface area contributed by atoms with Crippen molar-refractivity contribution in [2.45, 2.75) is 59.0 Å². The molecule has 21 heavy (non-hydrogen) atoms. The molecule has 0 aliphatic carbocycles. The Morgan fingerprint density at radius 1 is 1.33 bits per heavy atom. The second-order valence-corrected chi connectivity index (χ2v) is 7.77. The van der Waals surface area contributed by atoms with Crippen LogP contribution in [-0.2, 0) is 22.8 Å². The highest BCUT2D eigenvalue weighted by atomic mass is 32.2. The van der Waals surface area contributed by atoms with E-state index < -0.39 is 9.84 Å². The summed E-state index contributed by atoms with van der Waals surface area (Å²) in [4.78, 5) is 0. The molecular weight excluding hydrogens is 286 g/mol. The van der Waals surface area contributed by atoms with Gasteiger partial charge in [0.2, 0.25) is 0 Å². The predicted octanol–water partition coefficient (Wildman–Crippen LogP) is 2.33. The standard InChI is InChI=1S/C15H29N3O2S/c1-5-10-16-14(9-8-11-21(4,19)20)15-12-13(6-2)17-18(15)7-3/h12,14,16H,5-11H2,1-4H3. The number of hydrogen-bond acceptors (Lipinski definition) is 4. The van der Waals surface area contributed by atoms with Gasteiger partial charge in [-0.05, 0) is 45.2 Å². The zero-order valence-electron chi connectivity index (χ0n) is 13.7. The van der Waals surface area contributed by atoms with E-state index >= 15 is 0 Å². The van der Waals surface area contributed by atoms with Crippen LogP contribution in [0.2, 0.25) is 0 Å². The van der Waals surface area contributed by atoms with Gasteiger partial charge >= 0.3 is 0 Å². The molecule has 1 rings (SSSR count). The molecule has 0 radical (unpaired) electrons. The van der Waals surface area contributed by atoms with E-state index in [1.165, 1.54) is 11.9 Å². The Bertz CT molecular complexity index is 523. The number of hydrogen-bond donors (Lipinski definition) is 1. The molecule has 1 aromatic rings. The third kappa shape index (κ3) is 6.18. The smallest absolute Gasteiger partial charge is 0.147 e. The molecular formula is C15H29N3O2S. The summed E-state index contributed by atoms with van der Waals surface area (Å²) in [7, 11) is -2.89. The molecule has 1 atom stereocenters. The summed E-state index contributed by atoms with van der Waals surface area (Å²) >= 11 is 0. The second kappa shape index (κ2) is 8.54. The largest absolute Gasteiger partial charge is 0.309 e. The van der Waals surface area contributed by atoms with Gasteiger partial charge in [0.1, 0.15) is 9.84 Å². The minimum absolute atomic E-state index is 0.180. The summed E-state index contributed by atoms with van der Waals surface area (Å²) in [5, 5.41) is 8.12. The Morgan fingerprint density at radius 2 is 2.05 bits per heavy atom. The highest BCUT2D eigenvalue weighted by molar-refractivity contribution is 7.90. The number of nitrogens with zero attached hydrogens (tertiary/aromatic N) is 2. The number of aryl methyl sites for hydroxylation is 2. The van der Waals surface area contributed by atoms with Gasteiger partial charge in [-0.3, -0.25) is 4.68 Å². The number of sulfone groups is 1. The third-order valence-corrected chi connectivity index (χ3v) is 4.56. The van der Waals surface area contributed by atoms with E-state index in [1.54, 1.807) is 0 Å². The van der Waals surface area contributed by atoms with Crippen molar-refractivity contribution in [2.75, 3.05) is 18.6 Å². The van der Waals surface area contributed by atoms with Crippen LogP contribution in [0.3, 0.4) is 0 Å². The maximum atomic E-state index is 11.3. The van der Waals surface area contributed by atoms with Crippen molar-refractivity contribution in [3.8, 4) is 0 Å². The molecule has 6 heteroatoms. The van der Waals surface area contributed by atoms with Gasteiger partial charge in [0.15, 0.2) is 0 Å². The summed E-state index contributed by atoms with van der Waals surface area (Å²) in [6.07, 6.45) is 4.78. The van der Waals surface area contributed by atoms with E-state index in [2.05, 4.69) is 37.3 Å². The molecule has 0 aliphatic heterocycles. The Hall–Kier alpha value is -0.880. The van der Waals surface area contributed by atoms with Gasteiger partial charge in [-0.25, -0.2) is 8.42 Å². The van der Waals surface area contributed by atoms with E-state index in [0.717, 1.165) is 38.0 Å². The van der Waals surface area contributed by atoms with Gasteiger partial charge in [-0.15, -0.1) is 0 Å². The number of aromatic nitrogens is 2. The monoisotopic (exact) mass is 315 g/mol. The van der Waals surface area contributed by atoms with Gasteiger partial charge < -0.3 is 5.32 Å². The Labute approximate surface area is 129 Å². The average molecular weight is 315 g/mol. The Kier molecular flexibility index (Phi) is 7.39. The number of nitrogens with one attached hydrogen (secondary N) is 1. The predicted molar refractivity (Wildman–Crippen MR) is 87.3 cm³/mol. The van der Waals surface area contributed by atoms with Crippen molar-refractivity contribution in [1.82, 2.24) is 15.1 Å². The fourth-order valence-corrected chi connectivity index (χ4v) is 3.11. The lowest BCUT2D eigenvalue weighted by Crippen LogP contribution is -2.25. The molecule has 1 N–H and O–H groups in total. The molecule has 0 saturated heterocycles. The second-order valence-electron chi connectivity index (χ2n) is 5.51. The first kappa shape index (κ1) is 18.2. The van der Waals surface area contributed by atoms with Gasteiger partial charge in [0, 0.05) is 24.6 Å². The summed E-state index contributed by atoms with van der Waals surface area (Å²) in [5.74, 6) is 0.248. The van der Waals surface area contributed by atoms with Crippen molar-refractivity contribution < 1.29 is 8.42 Å². The van der Waals surface area contributed by atoms with Crippen LogP contribution in [0.1, 0.15) is 57.5 Å². The Balaban J connectivity index is 2.82.